The summed E-state index contributed by atoms with van der Waals surface area (Å²) in [7, 11) is 3.78. The van der Waals surface area contributed by atoms with Crippen molar-refractivity contribution in [2.75, 3.05) is 20.7 Å². The standard InChI is InChI=1S/C17H20BrNO2/c1-19(10-9-13-3-6-15(20)7-4-13)12-14-5-8-17(21-2)16(18)11-14/h3-8,11,20H,9-10,12H2,1-2H3. The van der Waals surface area contributed by atoms with E-state index in [4.69, 9.17) is 4.74 Å². The first-order valence-electron chi connectivity index (χ1n) is 6.87. The second-order valence-electron chi connectivity index (χ2n) is 5.12. The van der Waals surface area contributed by atoms with Gasteiger partial charge in [0, 0.05) is 13.1 Å². The molecule has 0 aliphatic carbocycles. The number of nitrogens with zero attached hydrogens (tertiary/aromatic N) is 1. The van der Waals surface area contributed by atoms with Crippen LogP contribution in [0.5, 0.6) is 11.5 Å². The molecular weight excluding hydrogens is 330 g/mol. The molecule has 0 unspecified atom stereocenters. The van der Waals surface area contributed by atoms with Gasteiger partial charge < -0.3 is 14.7 Å². The molecule has 0 amide bonds. The third-order valence-corrected chi connectivity index (χ3v) is 4.01. The lowest BCUT2D eigenvalue weighted by Gasteiger charge is -2.17. The fourth-order valence-corrected chi connectivity index (χ4v) is 2.77. The first-order valence-corrected chi connectivity index (χ1v) is 7.66. The monoisotopic (exact) mass is 349 g/mol. The largest absolute Gasteiger partial charge is 0.508 e. The van der Waals surface area contributed by atoms with Crippen molar-refractivity contribution in [1.29, 1.82) is 0 Å². The highest BCUT2D eigenvalue weighted by Crippen LogP contribution is 2.25. The molecule has 3 nitrogen and oxygen atoms in total. The molecule has 0 atom stereocenters. The highest BCUT2D eigenvalue weighted by molar-refractivity contribution is 9.10. The van der Waals surface area contributed by atoms with E-state index in [0.717, 1.165) is 29.7 Å². The van der Waals surface area contributed by atoms with E-state index < -0.39 is 0 Å². The van der Waals surface area contributed by atoms with E-state index in [1.54, 1.807) is 19.2 Å². The van der Waals surface area contributed by atoms with E-state index in [9.17, 15) is 5.11 Å². The number of hydrogen-bond donors (Lipinski definition) is 1. The summed E-state index contributed by atoms with van der Waals surface area (Å²) >= 11 is 3.51. The second-order valence-corrected chi connectivity index (χ2v) is 5.98. The number of aromatic hydroxyl groups is 1. The average molecular weight is 350 g/mol. The highest BCUT2D eigenvalue weighted by Gasteiger charge is 2.05. The maximum Gasteiger partial charge on any atom is 0.133 e. The molecule has 0 fully saturated rings. The highest BCUT2D eigenvalue weighted by atomic mass is 79.9. The molecule has 0 bridgehead atoms. The summed E-state index contributed by atoms with van der Waals surface area (Å²) in [6.45, 7) is 1.86. The Hall–Kier alpha value is -1.52. The predicted molar refractivity (Wildman–Crippen MR) is 88.8 cm³/mol. The summed E-state index contributed by atoms with van der Waals surface area (Å²) < 4.78 is 6.22. The van der Waals surface area contributed by atoms with Crippen LogP contribution in [0.15, 0.2) is 46.9 Å². The summed E-state index contributed by atoms with van der Waals surface area (Å²) in [4.78, 5) is 2.28. The number of methoxy groups -OCH3 is 1. The van der Waals surface area contributed by atoms with Crippen LogP contribution < -0.4 is 4.74 Å². The van der Waals surface area contributed by atoms with Gasteiger partial charge in [0.25, 0.3) is 0 Å². The minimum Gasteiger partial charge on any atom is -0.508 e. The number of benzene rings is 2. The van der Waals surface area contributed by atoms with Crippen LogP contribution in [0.4, 0.5) is 0 Å². The van der Waals surface area contributed by atoms with Crippen LogP contribution in [-0.4, -0.2) is 30.7 Å². The zero-order valence-electron chi connectivity index (χ0n) is 12.3. The number of likely N-dealkylation sites (N-methyl/N-ethyl adjacent to an activating group) is 1. The van der Waals surface area contributed by atoms with Crippen molar-refractivity contribution in [3.63, 3.8) is 0 Å². The van der Waals surface area contributed by atoms with Gasteiger partial charge in [-0.15, -0.1) is 0 Å². The number of halogens is 1. The first-order chi connectivity index (χ1) is 10.1. The van der Waals surface area contributed by atoms with Crippen molar-refractivity contribution < 1.29 is 9.84 Å². The van der Waals surface area contributed by atoms with Crippen LogP contribution in [-0.2, 0) is 13.0 Å². The van der Waals surface area contributed by atoms with Gasteiger partial charge in [-0.25, -0.2) is 0 Å². The van der Waals surface area contributed by atoms with Crippen molar-refractivity contribution in [2.24, 2.45) is 0 Å². The van der Waals surface area contributed by atoms with Gasteiger partial charge in [0.05, 0.1) is 11.6 Å². The van der Waals surface area contributed by atoms with Crippen molar-refractivity contribution in [2.45, 2.75) is 13.0 Å². The molecule has 0 heterocycles. The SMILES string of the molecule is COc1ccc(CN(C)CCc2ccc(O)cc2)cc1Br. The molecule has 4 heteroatoms. The molecule has 2 rings (SSSR count). The van der Waals surface area contributed by atoms with Crippen molar-refractivity contribution >= 4 is 15.9 Å². The molecule has 21 heavy (non-hydrogen) atoms. The second kappa shape index (κ2) is 7.48. The normalized spacial score (nSPS) is 10.9. The van der Waals surface area contributed by atoms with Gasteiger partial charge in [-0.05, 0) is 64.8 Å². The lowest BCUT2D eigenvalue weighted by atomic mass is 10.1. The molecular formula is C17H20BrNO2. The molecule has 0 radical (unpaired) electrons. The quantitative estimate of drug-likeness (QED) is 0.859. The Labute approximate surface area is 134 Å². The minimum atomic E-state index is 0.315. The average Bonchev–Trinajstić information content (AvgIpc) is 2.47. The van der Waals surface area contributed by atoms with Crippen LogP contribution in [0.2, 0.25) is 0 Å². The lowest BCUT2D eigenvalue weighted by Crippen LogP contribution is -2.20. The Bertz CT molecular complexity index is 584. The Balaban J connectivity index is 1.88. The van der Waals surface area contributed by atoms with Gasteiger partial charge in [-0.3, -0.25) is 0 Å². The molecule has 0 aromatic heterocycles. The van der Waals surface area contributed by atoms with Crippen LogP contribution in [0, 0.1) is 0 Å². The van der Waals surface area contributed by atoms with Crippen molar-refractivity contribution in [3.05, 3.63) is 58.1 Å². The van der Waals surface area contributed by atoms with Crippen molar-refractivity contribution in [3.8, 4) is 11.5 Å². The van der Waals surface area contributed by atoms with E-state index in [1.165, 1.54) is 11.1 Å². The molecule has 0 saturated heterocycles. The van der Waals surface area contributed by atoms with E-state index in [2.05, 4.69) is 40.0 Å². The van der Waals surface area contributed by atoms with Gasteiger partial charge >= 0.3 is 0 Å². The summed E-state index contributed by atoms with van der Waals surface area (Å²) in [5.74, 6) is 1.17. The maximum absolute atomic E-state index is 9.27. The first kappa shape index (κ1) is 15.9. The molecule has 0 saturated carbocycles. The van der Waals surface area contributed by atoms with Crippen LogP contribution >= 0.6 is 15.9 Å². The third-order valence-electron chi connectivity index (χ3n) is 3.39. The van der Waals surface area contributed by atoms with Crippen LogP contribution in [0.1, 0.15) is 11.1 Å². The third kappa shape index (κ3) is 4.76. The van der Waals surface area contributed by atoms with Crippen LogP contribution in [0.25, 0.3) is 0 Å². The van der Waals surface area contributed by atoms with E-state index in [0.29, 0.717) is 5.75 Å². The van der Waals surface area contributed by atoms with Gasteiger partial charge in [0.15, 0.2) is 0 Å². The molecule has 0 aliphatic heterocycles. The maximum atomic E-state index is 9.27. The minimum absolute atomic E-state index is 0.315. The van der Waals surface area contributed by atoms with E-state index in [1.807, 2.05) is 18.2 Å². The molecule has 2 aromatic carbocycles. The lowest BCUT2D eigenvalue weighted by molar-refractivity contribution is 0.330. The summed E-state index contributed by atoms with van der Waals surface area (Å²) in [6.07, 6.45) is 0.966. The molecule has 112 valence electrons. The Morgan fingerprint density at radius 1 is 1.10 bits per heavy atom. The predicted octanol–water partition coefficient (Wildman–Crippen LogP) is 3.84. The topological polar surface area (TPSA) is 32.7 Å². The molecule has 1 N–H and O–H groups in total. The zero-order chi connectivity index (χ0) is 15.2. The fraction of sp³-hybridized carbons (Fsp3) is 0.294. The number of hydrogen-bond acceptors (Lipinski definition) is 3. The molecule has 0 aliphatic rings. The van der Waals surface area contributed by atoms with Crippen molar-refractivity contribution in [1.82, 2.24) is 4.90 Å². The van der Waals surface area contributed by atoms with Gasteiger partial charge in [-0.2, -0.15) is 0 Å². The van der Waals surface area contributed by atoms with E-state index in [-0.39, 0.29) is 0 Å². The fourth-order valence-electron chi connectivity index (χ4n) is 2.18. The van der Waals surface area contributed by atoms with Gasteiger partial charge in [-0.1, -0.05) is 18.2 Å². The Kier molecular flexibility index (Phi) is 5.65. The Morgan fingerprint density at radius 3 is 2.38 bits per heavy atom. The number of phenols is 1. The zero-order valence-corrected chi connectivity index (χ0v) is 13.9. The molecule has 0 spiro atoms. The smallest absolute Gasteiger partial charge is 0.133 e. The summed E-state index contributed by atoms with van der Waals surface area (Å²) in [5, 5.41) is 9.27. The Morgan fingerprint density at radius 2 is 1.76 bits per heavy atom. The van der Waals surface area contributed by atoms with E-state index >= 15 is 0 Å². The van der Waals surface area contributed by atoms with Gasteiger partial charge in [0.1, 0.15) is 11.5 Å². The van der Waals surface area contributed by atoms with Crippen LogP contribution in [0.3, 0.4) is 0 Å². The number of ether oxygens (including phenoxy) is 1. The number of phenolic OH excluding ortho intramolecular Hbond substituents is 1. The summed E-state index contributed by atoms with van der Waals surface area (Å²) in [6, 6.07) is 13.6. The molecule has 2 aromatic rings. The van der Waals surface area contributed by atoms with Gasteiger partial charge in [0.2, 0.25) is 0 Å². The summed E-state index contributed by atoms with van der Waals surface area (Å²) in [5.41, 5.74) is 2.48. The number of rotatable bonds is 6.